The lowest BCUT2D eigenvalue weighted by Crippen LogP contribution is -2.41. The van der Waals surface area contributed by atoms with Crippen molar-refractivity contribution in [2.45, 2.75) is 12.8 Å². The van der Waals surface area contributed by atoms with Crippen LogP contribution in [0.2, 0.25) is 0 Å². The van der Waals surface area contributed by atoms with E-state index in [1.807, 2.05) is 0 Å². The largest absolute Gasteiger partial charge is 0.497 e. The number of anilines is 1. The van der Waals surface area contributed by atoms with Crippen molar-refractivity contribution >= 4 is 17.5 Å². The second kappa shape index (κ2) is 8.24. The van der Waals surface area contributed by atoms with Gasteiger partial charge < -0.3 is 20.1 Å². The number of carbonyl (C=O) groups excluding carboxylic acids is 2. The summed E-state index contributed by atoms with van der Waals surface area (Å²) in [7, 11) is 1.57. The van der Waals surface area contributed by atoms with Crippen molar-refractivity contribution in [1.29, 1.82) is 0 Å². The van der Waals surface area contributed by atoms with E-state index in [1.165, 1.54) is 0 Å². The first kappa shape index (κ1) is 19.6. The standard InChI is InChI=1S/C20H20F2N2O4/c1-27-14-3-5-15(6-4-14)28-11-10-23-18(25)20(8-9-20)19(26)24-17-7-2-13(21)12-16(17)22/h2-7,12H,8-11H2,1H3,(H,23,25)(H,24,26). The number of methoxy groups -OCH3 is 1. The van der Waals surface area contributed by atoms with E-state index < -0.39 is 28.9 Å². The van der Waals surface area contributed by atoms with Crippen LogP contribution in [0.4, 0.5) is 14.5 Å². The quantitative estimate of drug-likeness (QED) is 0.537. The van der Waals surface area contributed by atoms with E-state index in [0.717, 1.165) is 12.1 Å². The van der Waals surface area contributed by atoms with E-state index in [0.29, 0.717) is 30.4 Å². The van der Waals surface area contributed by atoms with Crippen molar-refractivity contribution < 1.29 is 27.8 Å². The number of ether oxygens (including phenoxy) is 2. The molecule has 0 unspecified atom stereocenters. The summed E-state index contributed by atoms with van der Waals surface area (Å²) < 4.78 is 37.2. The number of halogens is 2. The highest BCUT2D eigenvalue weighted by atomic mass is 19.1. The lowest BCUT2D eigenvalue weighted by atomic mass is 10.1. The Labute approximate surface area is 160 Å². The molecule has 6 nitrogen and oxygen atoms in total. The van der Waals surface area contributed by atoms with Gasteiger partial charge in [0.15, 0.2) is 0 Å². The van der Waals surface area contributed by atoms with Gasteiger partial charge in [0.2, 0.25) is 11.8 Å². The molecular weight excluding hydrogens is 370 g/mol. The van der Waals surface area contributed by atoms with Crippen molar-refractivity contribution in [1.82, 2.24) is 5.32 Å². The molecule has 0 heterocycles. The molecule has 1 saturated carbocycles. The maximum atomic E-state index is 13.7. The second-order valence-electron chi connectivity index (χ2n) is 6.44. The molecule has 3 rings (SSSR count). The fourth-order valence-electron chi connectivity index (χ4n) is 2.69. The minimum absolute atomic E-state index is 0.159. The summed E-state index contributed by atoms with van der Waals surface area (Å²) in [6, 6.07) is 9.83. The predicted octanol–water partition coefficient (Wildman–Crippen LogP) is 2.89. The molecule has 148 valence electrons. The summed E-state index contributed by atoms with van der Waals surface area (Å²) in [6.07, 6.45) is 0.736. The van der Waals surface area contributed by atoms with Gasteiger partial charge in [0.25, 0.3) is 0 Å². The van der Waals surface area contributed by atoms with E-state index in [1.54, 1.807) is 31.4 Å². The van der Waals surface area contributed by atoms with Crippen LogP contribution in [-0.2, 0) is 9.59 Å². The molecule has 0 radical (unpaired) electrons. The molecule has 1 aliphatic rings. The third-order valence-corrected chi connectivity index (χ3v) is 4.51. The molecule has 1 fully saturated rings. The molecule has 2 aromatic rings. The number of rotatable bonds is 8. The van der Waals surface area contributed by atoms with E-state index in [-0.39, 0.29) is 18.8 Å². The molecule has 8 heteroatoms. The number of hydrogen-bond acceptors (Lipinski definition) is 4. The van der Waals surface area contributed by atoms with Crippen LogP contribution in [0.1, 0.15) is 12.8 Å². The Balaban J connectivity index is 1.48. The summed E-state index contributed by atoms with van der Waals surface area (Å²) >= 11 is 0. The SMILES string of the molecule is COc1ccc(OCCNC(=O)C2(C(=O)Nc3ccc(F)cc3F)CC2)cc1. The number of carbonyl (C=O) groups is 2. The minimum atomic E-state index is -1.22. The minimum Gasteiger partial charge on any atom is -0.497 e. The Morgan fingerprint density at radius 1 is 1.04 bits per heavy atom. The van der Waals surface area contributed by atoms with Gasteiger partial charge in [0.05, 0.1) is 19.3 Å². The van der Waals surface area contributed by atoms with Crippen LogP contribution >= 0.6 is 0 Å². The van der Waals surface area contributed by atoms with Crippen molar-refractivity contribution in [2.75, 3.05) is 25.6 Å². The van der Waals surface area contributed by atoms with E-state index >= 15 is 0 Å². The van der Waals surface area contributed by atoms with Gasteiger partial charge in [-0.15, -0.1) is 0 Å². The van der Waals surface area contributed by atoms with E-state index in [2.05, 4.69) is 10.6 Å². The van der Waals surface area contributed by atoms with Crippen molar-refractivity contribution in [3.8, 4) is 11.5 Å². The van der Waals surface area contributed by atoms with Gasteiger partial charge in [-0.05, 0) is 49.2 Å². The van der Waals surface area contributed by atoms with Crippen LogP contribution in [0.3, 0.4) is 0 Å². The maximum Gasteiger partial charge on any atom is 0.240 e. The van der Waals surface area contributed by atoms with Gasteiger partial charge in [-0.1, -0.05) is 0 Å². The molecule has 0 bridgehead atoms. The second-order valence-corrected chi connectivity index (χ2v) is 6.44. The summed E-state index contributed by atoms with van der Waals surface area (Å²) in [5.41, 5.74) is -1.38. The molecule has 28 heavy (non-hydrogen) atoms. The lowest BCUT2D eigenvalue weighted by Gasteiger charge is -2.16. The fourth-order valence-corrected chi connectivity index (χ4v) is 2.69. The summed E-state index contributed by atoms with van der Waals surface area (Å²) in [5.74, 6) is -1.35. The summed E-state index contributed by atoms with van der Waals surface area (Å²) in [6.45, 7) is 0.438. The molecule has 0 aliphatic heterocycles. The monoisotopic (exact) mass is 390 g/mol. The molecule has 2 amide bonds. The molecule has 2 N–H and O–H groups in total. The number of nitrogens with one attached hydrogen (secondary N) is 2. The maximum absolute atomic E-state index is 13.7. The lowest BCUT2D eigenvalue weighted by molar-refractivity contribution is -0.134. The van der Waals surface area contributed by atoms with E-state index in [4.69, 9.17) is 9.47 Å². The molecule has 2 aromatic carbocycles. The third-order valence-electron chi connectivity index (χ3n) is 4.51. The molecule has 1 aliphatic carbocycles. The smallest absolute Gasteiger partial charge is 0.240 e. The van der Waals surface area contributed by atoms with Crippen LogP contribution in [0.25, 0.3) is 0 Å². The van der Waals surface area contributed by atoms with Gasteiger partial charge in [-0.25, -0.2) is 8.78 Å². The van der Waals surface area contributed by atoms with Gasteiger partial charge in [0, 0.05) is 6.07 Å². The molecule has 0 aromatic heterocycles. The van der Waals surface area contributed by atoms with Crippen molar-refractivity contribution in [3.63, 3.8) is 0 Å². The highest BCUT2D eigenvalue weighted by Crippen LogP contribution is 2.46. The Bertz CT molecular complexity index is 867. The summed E-state index contributed by atoms with van der Waals surface area (Å²) in [4.78, 5) is 24.8. The van der Waals surface area contributed by atoms with Crippen molar-refractivity contribution in [3.05, 3.63) is 54.1 Å². The Morgan fingerprint density at radius 3 is 2.32 bits per heavy atom. The zero-order chi connectivity index (χ0) is 20.1. The van der Waals surface area contributed by atoms with Crippen LogP contribution in [0.5, 0.6) is 11.5 Å². The summed E-state index contributed by atoms with van der Waals surface area (Å²) in [5, 5.41) is 5.03. The third kappa shape index (κ3) is 4.39. The molecule has 0 atom stereocenters. The van der Waals surface area contributed by atoms with Gasteiger partial charge in [-0.3, -0.25) is 9.59 Å². The number of benzene rings is 2. The van der Waals surface area contributed by atoms with E-state index in [9.17, 15) is 18.4 Å². The van der Waals surface area contributed by atoms with Crippen LogP contribution in [0.15, 0.2) is 42.5 Å². The normalized spacial score (nSPS) is 14.1. The average molecular weight is 390 g/mol. The fraction of sp³-hybridized carbons (Fsp3) is 0.300. The highest BCUT2D eigenvalue weighted by Gasteiger charge is 2.56. The highest BCUT2D eigenvalue weighted by molar-refractivity contribution is 6.13. The van der Waals surface area contributed by atoms with Gasteiger partial charge >= 0.3 is 0 Å². The topological polar surface area (TPSA) is 76.7 Å². The predicted molar refractivity (Wildman–Crippen MR) is 98.2 cm³/mol. The first-order valence-electron chi connectivity index (χ1n) is 8.76. The first-order chi connectivity index (χ1) is 13.4. The molecular formula is C20H20F2N2O4. The first-order valence-corrected chi connectivity index (χ1v) is 8.76. The van der Waals surface area contributed by atoms with Crippen molar-refractivity contribution in [2.24, 2.45) is 5.41 Å². The zero-order valence-corrected chi connectivity index (χ0v) is 15.3. The Hall–Kier alpha value is -3.16. The van der Waals surface area contributed by atoms with Gasteiger partial charge in [-0.2, -0.15) is 0 Å². The van der Waals surface area contributed by atoms with Gasteiger partial charge in [0.1, 0.15) is 35.2 Å². The van der Waals surface area contributed by atoms with Crippen LogP contribution in [0, 0.1) is 17.0 Å². The molecule has 0 spiro atoms. The number of amides is 2. The van der Waals surface area contributed by atoms with Crippen LogP contribution in [-0.4, -0.2) is 32.1 Å². The van der Waals surface area contributed by atoms with Crippen LogP contribution < -0.4 is 20.1 Å². The molecule has 0 saturated heterocycles. The Morgan fingerprint density at radius 2 is 1.71 bits per heavy atom. The zero-order valence-electron chi connectivity index (χ0n) is 15.3. The number of hydrogen-bond donors (Lipinski definition) is 2. The average Bonchev–Trinajstić information content (AvgIpc) is 3.50. The Kier molecular flexibility index (Phi) is 5.77.